The summed E-state index contributed by atoms with van der Waals surface area (Å²) >= 11 is 1.61. The van der Waals surface area contributed by atoms with Gasteiger partial charge in [0.25, 0.3) is 0 Å². The third-order valence-electron chi connectivity index (χ3n) is 1.13. The van der Waals surface area contributed by atoms with Crippen LogP contribution in [0.2, 0.25) is 0 Å². The number of amidine groups is 1. The van der Waals surface area contributed by atoms with Crippen molar-refractivity contribution in [2.45, 2.75) is 0 Å². The molecule has 0 saturated carbocycles. The first kappa shape index (κ1) is 6.61. The maximum atomic E-state index is 4.18. The quantitative estimate of drug-likeness (QED) is 0.504. The van der Waals surface area contributed by atoms with Crippen molar-refractivity contribution >= 4 is 23.6 Å². The SMILES string of the molecule is C=NN1CCN=C1SC. The molecule has 3 nitrogen and oxygen atoms in total. The Bertz CT molecular complexity index is 143. The van der Waals surface area contributed by atoms with E-state index in [0.29, 0.717) is 0 Å². The lowest BCUT2D eigenvalue weighted by atomic mass is 10.7. The molecule has 1 aliphatic heterocycles. The van der Waals surface area contributed by atoms with Crippen LogP contribution in [0.1, 0.15) is 0 Å². The molecule has 1 heterocycles. The first-order valence-electron chi connectivity index (χ1n) is 2.71. The maximum absolute atomic E-state index is 4.18. The van der Waals surface area contributed by atoms with Crippen LogP contribution in [0, 0.1) is 0 Å². The van der Waals surface area contributed by atoms with Crippen molar-refractivity contribution in [3.63, 3.8) is 0 Å². The molecule has 0 N–H and O–H groups in total. The predicted octanol–water partition coefficient (Wildman–Crippen LogP) is 0.637. The molecule has 0 amide bonds. The number of thioether (sulfide) groups is 1. The van der Waals surface area contributed by atoms with E-state index in [-0.39, 0.29) is 0 Å². The average Bonchev–Trinajstić information content (AvgIpc) is 2.33. The van der Waals surface area contributed by atoms with Crippen molar-refractivity contribution in [2.24, 2.45) is 10.1 Å². The molecule has 0 fully saturated rings. The Morgan fingerprint density at radius 3 is 3.11 bits per heavy atom. The van der Waals surface area contributed by atoms with Gasteiger partial charge in [-0.3, -0.25) is 4.99 Å². The van der Waals surface area contributed by atoms with E-state index in [4.69, 9.17) is 0 Å². The Morgan fingerprint density at radius 2 is 2.67 bits per heavy atom. The van der Waals surface area contributed by atoms with Gasteiger partial charge in [0.1, 0.15) is 0 Å². The van der Waals surface area contributed by atoms with Crippen LogP contribution in [0.4, 0.5) is 0 Å². The van der Waals surface area contributed by atoms with E-state index < -0.39 is 0 Å². The molecule has 1 aliphatic rings. The van der Waals surface area contributed by atoms with Crippen LogP contribution in [-0.2, 0) is 0 Å². The highest BCUT2D eigenvalue weighted by Crippen LogP contribution is 2.10. The van der Waals surface area contributed by atoms with Crippen LogP contribution in [0.3, 0.4) is 0 Å². The first-order valence-corrected chi connectivity index (χ1v) is 3.93. The van der Waals surface area contributed by atoms with Crippen molar-refractivity contribution in [2.75, 3.05) is 19.3 Å². The normalized spacial score (nSPS) is 17.9. The molecule has 0 aliphatic carbocycles. The Morgan fingerprint density at radius 1 is 1.89 bits per heavy atom. The lowest BCUT2D eigenvalue weighted by Crippen LogP contribution is -2.17. The zero-order chi connectivity index (χ0) is 6.69. The molecule has 0 radical (unpaired) electrons. The molecule has 9 heavy (non-hydrogen) atoms. The minimum Gasteiger partial charge on any atom is -0.259 e. The van der Waals surface area contributed by atoms with Gasteiger partial charge >= 0.3 is 0 Å². The highest BCUT2D eigenvalue weighted by Gasteiger charge is 2.12. The molecule has 0 aromatic rings. The minimum absolute atomic E-state index is 0.856. The number of rotatable bonds is 1. The van der Waals surface area contributed by atoms with Gasteiger partial charge in [0.05, 0.1) is 13.1 Å². The Hall–Kier alpha value is -0.510. The van der Waals surface area contributed by atoms with Crippen LogP contribution >= 0.6 is 11.8 Å². The Labute approximate surface area is 58.8 Å². The van der Waals surface area contributed by atoms with Crippen molar-refractivity contribution in [3.8, 4) is 0 Å². The Kier molecular flexibility index (Phi) is 2.10. The molecule has 0 unspecified atom stereocenters. The van der Waals surface area contributed by atoms with E-state index in [9.17, 15) is 0 Å². The van der Waals surface area contributed by atoms with Gasteiger partial charge in [-0.1, -0.05) is 11.8 Å². The molecule has 1 rings (SSSR count). The smallest absolute Gasteiger partial charge is 0.179 e. The predicted molar refractivity (Wildman–Crippen MR) is 42.1 cm³/mol. The molecule has 0 atom stereocenters. The van der Waals surface area contributed by atoms with Gasteiger partial charge in [-0.2, -0.15) is 5.10 Å². The first-order chi connectivity index (χ1) is 4.38. The third-order valence-corrected chi connectivity index (χ3v) is 1.84. The van der Waals surface area contributed by atoms with Gasteiger partial charge in [-0.15, -0.1) is 0 Å². The Balaban J connectivity index is 2.56. The average molecular weight is 143 g/mol. The highest BCUT2D eigenvalue weighted by atomic mass is 32.2. The molecule has 0 bridgehead atoms. The van der Waals surface area contributed by atoms with Gasteiger partial charge in [-0.25, -0.2) is 5.01 Å². The number of hydrazone groups is 1. The summed E-state index contributed by atoms with van der Waals surface area (Å²) in [6.07, 6.45) is 1.99. The number of hydrogen-bond donors (Lipinski definition) is 0. The van der Waals surface area contributed by atoms with E-state index in [1.54, 1.807) is 11.8 Å². The van der Waals surface area contributed by atoms with Gasteiger partial charge in [-0.05, 0) is 6.26 Å². The second-order valence-corrected chi connectivity index (χ2v) is 2.41. The summed E-state index contributed by atoms with van der Waals surface area (Å²) in [7, 11) is 0. The van der Waals surface area contributed by atoms with E-state index in [1.165, 1.54) is 0 Å². The molecular weight excluding hydrogens is 134 g/mol. The van der Waals surface area contributed by atoms with Crippen molar-refractivity contribution in [1.29, 1.82) is 0 Å². The van der Waals surface area contributed by atoms with Crippen LogP contribution in [0.15, 0.2) is 10.1 Å². The fraction of sp³-hybridized carbons (Fsp3) is 0.600. The van der Waals surface area contributed by atoms with Crippen molar-refractivity contribution in [1.82, 2.24) is 5.01 Å². The second kappa shape index (κ2) is 2.87. The topological polar surface area (TPSA) is 28.0 Å². The number of aliphatic imine (C=N–C) groups is 1. The summed E-state index contributed by atoms with van der Waals surface area (Å²) in [4.78, 5) is 4.18. The fourth-order valence-corrected chi connectivity index (χ4v) is 1.30. The second-order valence-electron chi connectivity index (χ2n) is 1.63. The third kappa shape index (κ3) is 1.24. The van der Waals surface area contributed by atoms with E-state index in [2.05, 4.69) is 16.8 Å². The van der Waals surface area contributed by atoms with Crippen LogP contribution < -0.4 is 0 Å². The van der Waals surface area contributed by atoms with Gasteiger partial charge in [0, 0.05) is 6.72 Å². The van der Waals surface area contributed by atoms with Gasteiger partial charge in [0.2, 0.25) is 0 Å². The highest BCUT2D eigenvalue weighted by molar-refractivity contribution is 8.13. The molecule has 50 valence electrons. The number of hydrogen-bond acceptors (Lipinski definition) is 4. The van der Waals surface area contributed by atoms with Gasteiger partial charge < -0.3 is 0 Å². The molecule has 0 saturated heterocycles. The van der Waals surface area contributed by atoms with E-state index in [0.717, 1.165) is 18.3 Å². The number of nitrogens with zero attached hydrogens (tertiary/aromatic N) is 3. The van der Waals surface area contributed by atoms with Crippen molar-refractivity contribution in [3.05, 3.63) is 0 Å². The standard InChI is InChI=1S/C5H9N3S/c1-6-8-4-3-7-5(8)9-2/h1,3-4H2,2H3. The largest absolute Gasteiger partial charge is 0.259 e. The fourth-order valence-electron chi connectivity index (χ4n) is 0.719. The van der Waals surface area contributed by atoms with E-state index >= 15 is 0 Å². The lowest BCUT2D eigenvalue weighted by molar-refractivity contribution is 0.501. The zero-order valence-electron chi connectivity index (χ0n) is 5.37. The summed E-state index contributed by atoms with van der Waals surface area (Å²) in [6, 6.07) is 0. The summed E-state index contributed by atoms with van der Waals surface area (Å²) in [5.41, 5.74) is 0. The molecule has 0 aromatic carbocycles. The molecule has 0 aromatic heterocycles. The summed E-state index contributed by atoms with van der Waals surface area (Å²) in [5.74, 6) is 0. The zero-order valence-corrected chi connectivity index (χ0v) is 6.19. The molecule has 4 heteroatoms. The van der Waals surface area contributed by atoms with Crippen LogP contribution in [0.5, 0.6) is 0 Å². The van der Waals surface area contributed by atoms with Crippen LogP contribution in [0.25, 0.3) is 0 Å². The lowest BCUT2D eigenvalue weighted by Gasteiger charge is -2.09. The molecular formula is C5H9N3S. The molecule has 0 spiro atoms. The monoisotopic (exact) mass is 143 g/mol. The summed E-state index contributed by atoms with van der Waals surface area (Å²) in [5, 5.41) is 6.56. The van der Waals surface area contributed by atoms with E-state index in [1.807, 2.05) is 11.3 Å². The van der Waals surface area contributed by atoms with Crippen molar-refractivity contribution < 1.29 is 0 Å². The van der Waals surface area contributed by atoms with Crippen LogP contribution in [-0.4, -0.2) is 36.2 Å². The maximum Gasteiger partial charge on any atom is 0.179 e. The summed E-state index contributed by atoms with van der Waals surface area (Å²) in [6.45, 7) is 5.17. The van der Waals surface area contributed by atoms with Gasteiger partial charge in [0.15, 0.2) is 5.17 Å². The minimum atomic E-state index is 0.856. The summed E-state index contributed by atoms with van der Waals surface area (Å²) < 4.78 is 0.